The molecule has 0 spiro atoms. The van der Waals surface area contributed by atoms with Gasteiger partial charge in [-0.1, -0.05) is 50.6 Å². The molecule has 2 N–H and O–H groups in total. The number of aryl methyl sites for hydroxylation is 1. The number of nitrogens with one attached hydrogen (secondary N) is 1. The number of hydrogen-bond acceptors (Lipinski definition) is 4. The number of carbonyl (C=O) groups excluding carboxylic acids is 2. The third-order valence-electron chi connectivity index (χ3n) is 6.54. The lowest BCUT2D eigenvalue weighted by molar-refractivity contribution is -0.141. The number of aliphatic hydroxyl groups is 1. The Balaban J connectivity index is 1.46. The number of ether oxygens (including phenoxy) is 1. The highest BCUT2D eigenvalue weighted by atomic mass is 16.5. The van der Waals surface area contributed by atoms with Crippen LogP contribution in [0.3, 0.4) is 0 Å². The summed E-state index contributed by atoms with van der Waals surface area (Å²) in [6.45, 7) is 5.48. The number of amides is 2. The van der Waals surface area contributed by atoms with Crippen LogP contribution >= 0.6 is 0 Å². The summed E-state index contributed by atoms with van der Waals surface area (Å²) in [5, 5.41) is 14.0. The van der Waals surface area contributed by atoms with Gasteiger partial charge in [0.2, 0.25) is 11.8 Å². The minimum absolute atomic E-state index is 0.0965. The van der Waals surface area contributed by atoms with Crippen molar-refractivity contribution in [1.29, 1.82) is 0 Å². The Morgan fingerprint density at radius 2 is 1.76 bits per heavy atom. The lowest BCUT2D eigenvalue weighted by atomic mass is 9.80. The van der Waals surface area contributed by atoms with E-state index in [1.807, 2.05) is 54.6 Å². The summed E-state index contributed by atoms with van der Waals surface area (Å²) < 4.78 is 5.65. The summed E-state index contributed by atoms with van der Waals surface area (Å²) in [4.78, 5) is 27.2. The molecule has 0 aromatic heterocycles. The van der Waals surface area contributed by atoms with Gasteiger partial charge in [0.25, 0.3) is 0 Å². The van der Waals surface area contributed by atoms with Crippen LogP contribution in [0.1, 0.15) is 51.5 Å². The van der Waals surface area contributed by atoms with Crippen molar-refractivity contribution in [3.8, 4) is 5.75 Å². The van der Waals surface area contributed by atoms with E-state index in [4.69, 9.17) is 4.74 Å². The van der Waals surface area contributed by atoms with Crippen molar-refractivity contribution in [3.63, 3.8) is 0 Å². The average Bonchev–Trinajstić information content (AvgIpc) is 2.84. The van der Waals surface area contributed by atoms with E-state index in [1.54, 1.807) is 11.8 Å². The number of benzene rings is 2. The van der Waals surface area contributed by atoms with E-state index in [9.17, 15) is 14.7 Å². The number of piperidine rings is 1. The molecule has 1 aliphatic rings. The Labute approximate surface area is 196 Å². The zero-order valence-corrected chi connectivity index (χ0v) is 19.8. The highest BCUT2D eigenvalue weighted by Crippen LogP contribution is 2.31. The SMILES string of the molecule is CCCCOc1ccc(NC(=O)C(C)C2(O)CCN(C(=O)CCc3ccccc3)CC2)cc1. The highest BCUT2D eigenvalue weighted by molar-refractivity contribution is 5.93. The fourth-order valence-corrected chi connectivity index (χ4v) is 4.09. The molecule has 1 unspecified atom stereocenters. The number of carbonyl (C=O) groups is 2. The first-order valence-corrected chi connectivity index (χ1v) is 12.0. The molecule has 0 saturated carbocycles. The van der Waals surface area contributed by atoms with E-state index in [1.165, 1.54) is 0 Å². The number of nitrogens with zero attached hydrogens (tertiary/aromatic N) is 1. The topological polar surface area (TPSA) is 78.9 Å². The summed E-state index contributed by atoms with van der Waals surface area (Å²) in [6, 6.07) is 17.3. The van der Waals surface area contributed by atoms with Crippen LogP contribution in [-0.4, -0.2) is 47.1 Å². The number of rotatable bonds is 10. The first-order chi connectivity index (χ1) is 15.9. The third kappa shape index (κ3) is 7.06. The molecule has 178 valence electrons. The van der Waals surface area contributed by atoms with Crippen molar-refractivity contribution in [2.45, 2.75) is 58.0 Å². The molecule has 1 aliphatic heterocycles. The molecular formula is C27H36N2O4. The maximum absolute atomic E-state index is 12.8. The predicted molar refractivity (Wildman–Crippen MR) is 130 cm³/mol. The van der Waals surface area contributed by atoms with Crippen LogP contribution in [0, 0.1) is 5.92 Å². The molecule has 2 aromatic rings. The second-order valence-corrected chi connectivity index (χ2v) is 8.91. The summed E-state index contributed by atoms with van der Waals surface area (Å²) >= 11 is 0. The Morgan fingerprint density at radius 1 is 1.09 bits per heavy atom. The number of hydrogen-bond donors (Lipinski definition) is 2. The van der Waals surface area contributed by atoms with Crippen LogP contribution in [0.5, 0.6) is 5.75 Å². The van der Waals surface area contributed by atoms with Crippen LogP contribution in [0.15, 0.2) is 54.6 Å². The van der Waals surface area contributed by atoms with Crippen LogP contribution in [0.25, 0.3) is 0 Å². The first kappa shape index (κ1) is 24.8. The maximum atomic E-state index is 12.8. The second kappa shape index (κ2) is 11.8. The zero-order valence-electron chi connectivity index (χ0n) is 19.8. The van der Waals surface area contributed by atoms with Gasteiger partial charge in [-0.25, -0.2) is 0 Å². The Hall–Kier alpha value is -2.86. The van der Waals surface area contributed by atoms with Crippen molar-refractivity contribution in [2.24, 2.45) is 5.92 Å². The van der Waals surface area contributed by atoms with Gasteiger partial charge in [-0.15, -0.1) is 0 Å². The van der Waals surface area contributed by atoms with Gasteiger partial charge in [0.05, 0.1) is 18.1 Å². The van der Waals surface area contributed by atoms with Gasteiger partial charge in [0.1, 0.15) is 5.75 Å². The van der Waals surface area contributed by atoms with Gasteiger partial charge in [0.15, 0.2) is 0 Å². The average molecular weight is 453 g/mol. The largest absolute Gasteiger partial charge is 0.494 e. The quantitative estimate of drug-likeness (QED) is 0.523. The van der Waals surface area contributed by atoms with E-state index in [0.717, 1.165) is 24.2 Å². The summed E-state index contributed by atoms with van der Waals surface area (Å²) in [5.41, 5.74) is 0.695. The van der Waals surface area contributed by atoms with E-state index in [2.05, 4.69) is 12.2 Å². The second-order valence-electron chi connectivity index (χ2n) is 8.91. The molecule has 0 aliphatic carbocycles. The normalized spacial score (nSPS) is 16.2. The van der Waals surface area contributed by atoms with Gasteiger partial charge in [-0.2, -0.15) is 0 Å². The van der Waals surface area contributed by atoms with Gasteiger partial charge >= 0.3 is 0 Å². The Bertz CT molecular complexity index is 890. The van der Waals surface area contributed by atoms with E-state index >= 15 is 0 Å². The van der Waals surface area contributed by atoms with Gasteiger partial charge in [0, 0.05) is 25.2 Å². The highest BCUT2D eigenvalue weighted by Gasteiger charge is 2.41. The van der Waals surface area contributed by atoms with Crippen LogP contribution in [0.4, 0.5) is 5.69 Å². The molecule has 3 rings (SSSR count). The Kier molecular flexibility index (Phi) is 8.89. The molecule has 1 saturated heterocycles. The summed E-state index contributed by atoms with van der Waals surface area (Å²) in [6.07, 6.45) is 4.03. The number of anilines is 1. The molecule has 2 amide bonds. The number of likely N-dealkylation sites (tertiary alicyclic amines) is 1. The van der Waals surface area contributed by atoms with Crippen LogP contribution < -0.4 is 10.1 Å². The molecule has 2 aromatic carbocycles. The van der Waals surface area contributed by atoms with Crippen molar-refractivity contribution < 1.29 is 19.4 Å². The fraction of sp³-hybridized carbons (Fsp3) is 0.481. The monoisotopic (exact) mass is 452 g/mol. The van der Waals surface area contributed by atoms with E-state index < -0.39 is 11.5 Å². The number of unbranched alkanes of at least 4 members (excludes halogenated alkanes) is 1. The molecule has 6 nitrogen and oxygen atoms in total. The minimum Gasteiger partial charge on any atom is -0.494 e. The summed E-state index contributed by atoms with van der Waals surface area (Å²) in [5.74, 6) is 0.0669. The third-order valence-corrected chi connectivity index (χ3v) is 6.54. The molecule has 6 heteroatoms. The van der Waals surface area contributed by atoms with Gasteiger partial charge in [-0.05, 0) is 55.5 Å². The van der Waals surface area contributed by atoms with Gasteiger partial charge < -0.3 is 20.1 Å². The summed E-state index contributed by atoms with van der Waals surface area (Å²) in [7, 11) is 0. The predicted octanol–water partition coefficient (Wildman–Crippen LogP) is 4.43. The molecular weight excluding hydrogens is 416 g/mol. The maximum Gasteiger partial charge on any atom is 0.230 e. The van der Waals surface area contributed by atoms with E-state index in [-0.39, 0.29) is 11.8 Å². The molecule has 1 atom stereocenters. The van der Waals surface area contributed by atoms with Crippen molar-refractivity contribution in [1.82, 2.24) is 4.90 Å². The fourth-order valence-electron chi connectivity index (χ4n) is 4.09. The van der Waals surface area contributed by atoms with Crippen LogP contribution in [0.2, 0.25) is 0 Å². The first-order valence-electron chi connectivity index (χ1n) is 12.0. The van der Waals surface area contributed by atoms with Gasteiger partial charge in [-0.3, -0.25) is 9.59 Å². The zero-order chi connectivity index (χ0) is 23.7. The molecule has 0 bridgehead atoms. The lowest BCUT2D eigenvalue weighted by Gasteiger charge is -2.41. The molecule has 33 heavy (non-hydrogen) atoms. The molecule has 0 radical (unpaired) electrons. The lowest BCUT2D eigenvalue weighted by Crippen LogP contribution is -2.52. The standard InChI is InChI=1S/C27H36N2O4/c1-3-4-20-33-24-13-11-23(12-14-24)28-26(31)21(2)27(32)16-18-29(19-17-27)25(30)15-10-22-8-6-5-7-9-22/h5-9,11-14,21,32H,3-4,10,15-20H2,1-2H3,(H,28,31). The molecule has 1 heterocycles. The molecule has 1 fully saturated rings. The van der Waals surface area contributed by atoms with Crippen molar-refractivity contribution >= 4 is 17.5 Å². The van der Waals surface area contributed by atoms with Crippen LogP contribution in [-0.2, 0) is 16.0 Å². The minimum atomic E-state index is -1.12. The smallest absolute Gasteiger partial charge is 0.230 e. The van der Waals surface area contributed by atoms with Crippen molar-refractivity contribution in [3.05, 3.63) is 60.2 Å². The van der Waals surface area contributed by atoms with Crippen molar-refractivity contribution in [2.75, 3.05) is 25.0 Å². The Morgan fingerprint density at radius 3 is 2.39 bits per heavy atom. The van der Waals surface area contributed by atoms with E-state index in [0.29, 0.717) is 51.1 Å².